The van der Waals surface area contributed by atoms with E-state index in [1.807, 2.05) is 0 Å². The molecule has 0 bridgehead atoms. The van der Waals surface area contributed by atoms with Crippen molar-refractivity contribution in [1.29, 1.82) is 0 Å². The number of ketones is 2. The molecule has 0 amide bonds. The van der Waals surface area contributed by atoms with Gasteiger partial charge in [0, 0.05) is 0 Å². The van der Waals surface area contributed by atoms with Crippen molar-refractivity contribution in [2.75, 3.05) is 0 Å². The summed E-state index contributed by atoms with van der Waals surface area (Å²) in [7, 11) is 0. The molecule has 5 heteroatoms. The van der Waals surface area contributed by atoms with E-state index in [4.69, 9.17) is 0 Å². The van der Waals surface area contributed by atoms with Crippen LogP contribution in [0.4, 0.5) is 0 Å². The topological polar surface area (TPSA) is 34.1 Å². The first-order chi connectivity index (χ1) is 4.04. The molecule has 0 heterocycles. The van der Waals surface area contributed by atoms with Gasteiger partial charge in [0.05, 0.1) is 6.42 Å². The van der Waals surface area contributed by atoms with E-state index in [2.05, 4.69) is 25.3 Å². The Balaban J connectivity index is -0.000000107. The molecular weight excluding hydrogens is 244 g/mol. The van der Waals surface area contributed by atoms with Gasteiger partial charge in [0.25, 0.3) is 0 Å². The van der Waals surface area contributed by atoms with E-state index in [1.165, 1.54) is 6.92 Å². The average Bonchev–Trinajstić information content (AvgIpc) is 1.63. The first kappa shape index (κ1) is 14.1. The zero-order chi connectivity index (χ0) is 7.44. The SMILES string of the molecule is CC(=O)CC(=O)C(S)S.[H-].[H-].[Sr+2]. The molecule has 0 aliphatic rings. The Labute approximate surface area is 111 Å². The van der Waals surface area contributed by atoms with Gasteiger partial charge in [-0.15, -0.1) is 0 Å². The van der Waals surface area contributed by atoms with Gasteiger partial charge in [-0.3, -0.25) is 9.59 Å². The van der Waals surface area contributed by atoms with E-state index < -0.39 is 4.58 Å². The summed E-state index contributed by atoms with van der Waals surface area (Å²) in [6, 6.07) is 0. The standard InChI is InChI=1S/C5H8O2S2.Sr.2H/c1-3(6)2-4(7)5(8)9;;;/h5,8-9H,2H2,1H3;;;/q;+2;2*-1. The molecule has 0 unspecified atom stereocenters. The smallest absolute Gasteiger partial charge is 1.00 e. The summed E-state index contributed by atoms with van der Waals surface area (Å²) in [5.74, 6) is -0.387. The van der Waals surface area contributed by atoms with Gasteiger partial charge < -0.3 is 2.85 Å². The Morgan fingerprint density at radius 3 is 2.00 bits per heavy atom. The zero-order valence-electron chi connectivity index (χ0n) is 7.70. The largest absolute Gasteiger partial charge is 2.00 e. The second-order valence-corrected chi connectivity index (χ2v) is 3.16. The Kier molecular flexibility index (Phi) is 10.1. The van der Waals surface area contributed by atoms with Crippen molar-refractivity contribution in [2.24, 2.45) is 0 Å². The molecule has 0 saturated carbocycles. The Morgan fingerprint density at radius 1 is 1.50 bits per heavy atom. The van der Waals surface area contributed by atoms with Gasteiger partial charge in [-0.1, -0.05) is 0 Å². The summed E-state index contributed by atoms with van der Waals surface area (Å²) in [5.41, 5.74) is 0. The van der Waals surface area contributed by atoms with E-state index in [1.54, 1.807) is 0 Å². The summed E-state index contributed by atoms with van der Waals surface area (Å²) in [4.78, 5) is 20.8. The first-order valence-electron chi connectivity index (χ1n) is 2.42. The van der Waals surface area contributed by atoms with Gasteiger partial charge in [-0.05, 0) is 6.92 Å². The zero-order valence-corrected chi connectivity index (χ0v) is 11.0. The molecule has 10 heavy (non-hydrogen) atoms. The predicted octanol–water partition coefficient (Wildman–Crippen LogP) is 0.565. The molecule has 0 radical (unpaired) electrons. The van der Waals surface area contributed by atoms with Crippen molar-refractivity contribution in [3.8, 4) is 0 Å². The number of hydrogen-bond acceptors (Lipinski definition) is 4. The Morgan fingerprint density at radius 2 is 1.90 bits per heavy atom. The molecule has 0 rings (SSSR count). The normalized spacial score (nSPS) is 8.80. The molecule has 0 aromatic heterocycles. The fraction of sp³-hybridized carbons (Fsp3) is 0.600. The van der Waals surface area contributed by atoms with Gasteiger partial charge >= 0.3 is 45.5 Å². The minimum Gasteiger partial charge on any atom is -1.00 e. The molecule has 56 valence electrons. The monoisotopic (exact) mass is 254 g/mol. The van der Waals surface area contributed by atoms with Crippen LogP contribution in [0.1, 0.15) is 16.2 Å². The summed E-state index contributed by atoms with van der Waals surface area (Å²) in [5, 5.41) is 0. The van der Waals surface area contributed by atoms with Crippen molar-refractivity contribution in [1.82, 2.24) is 0 Å². The van der Waals surface area contributed by atoms with E-state index in [-0.39, 0.29) is 66.3 Å². The summed E-state index contributed by atoms with van der Waals surface area (Å²) >= 11 is 7.46. The van der Waals surface area contributed by atoms with Gasteiger partial charge in [0.1, 0.15) is 10.4 Å². The molecule has 0 aliphatic carbocycles. The fourth-order valence-corrected chi connectivity index (χ4v) is 0.519. The van der Waals surface area contributed by atoms with Crippen LogP contribution in [0.3, 0.4) is 0 Å². The average molecular weight is 254 g/mol. The Bertz CT molecular complexity index is 143. The first-order valence-corrected chi connectivity index (χ1v) is 3.45. The maximum absolute atomic E-state index is 10.6. The van der Waals surface area contributed by atoms with Gasteiger partial charge in [-0.25, -0.2) is 0 Å². The molecule has 0 fully saturated rings. The van der Waals surface area contributed by atoms with Crippen molar-refractivity contribution in [3.05, 3.63) is 0 Å². The summed E-state index contributed by atoms with van der Waals surface area (Å²) < 4.78 is -0.617. The number of rotatable bonds is 3. The van der Waals surface area contributed by atoms with Crippen LogP contribution in [-0.4, -0.2) is 61.6 Å². The molecule has 0 aromatic carbocycles. The van der Waals surface area contributed by atoms with Gasteiger partial charge in [0.15, 0.2) is 5.78 Å². The summed E-state index contributed by atoms with van der Waals surface area (Å²) in [6.45, 7) is 1.36. The van der Waals surface area contributed by atoms with Crippen molar-refractivity contribution in [2.45, 2.75) is 17.9 Å². The van der Waals surface area contributed by atoms with E-state index in [0.717, 1.165) is 0 Å². The van der Waals surface area contributed by atoms with Crippen LogP contribution in [0.5, 0.6) is 0 Å². The maximum Gasteiger partial charge on any atom is 2.00 e. The van der Waals surface area contributed by atoms with Gasteiger partial charge in [-0.2, -0.15) is 25.3 Å². The van der Waals surface area contributed by atoms with Crippen LogP contribution in [0.2, 0.25) is 0 Å². The third kappa shape index (κ3) is 7.63. The third-order valence-corrected chi connectivity index (χ3v) is 1.29. The summed E-state index contributed by atoms with van der Waals surface area (Å²) in [6.07, 6.45) is -0.0579. The molecule has 0 aliphatic heterocycles. The molecule has 2 nitrogen and oxygen atoms in total. The second kappa shape index (κ2) is 7.18. The molecule has 0 N–H and O–H groups in total. The van der Waals surface area contributed by atoms with Crippen molar-refractivity contribution < 1.29 is 12.4 Å². The third-order valence-electron chi connectivity index (χ3n) is 0.711. The molecule has 0 spiro atoms. The Hall–Kier alpha value is 1.52. The minimum atomic E-state index is -0.617. The minimum absolute atomic E-state index is 0. The van der Waals surface area contributed by atoms with E-state index in [0.29, 0.717) is 0 Å². The number of carbonyl (C=O) groups excluding carboxylic acids is 2. The van der Waals surface area contributed by atoms with E-state index >= 15 is 0 Å². The number of Topliss-reactive ketones (excluding diaryl/α,β-unsaturated/α-hetero) is 2. The van der Waals surface area contributed by atoms with Crippen LogP contribution in [0.25, 0.3) is 0 Å². The van der Waals surface area contributed by atoms with Crippen molar-refractivity contribution >= 4 is 82.3 Å². The molecular formula is C5H10O2S2Sr. The molecule has 0 aromatic rings. The second-order valence-electron chi connectivity index (χ2n) is 1.72. The van der Waals surface area contributed by atoms with Gasteiger partial charge in [0.2, 0.25) is 0 Å². The maximum atomic E-state index is 10.6. The number of thiol groups is 2. The fourth-order valence-electron chi connectivity index (χ4n) is 0.337. The molecule has 0 atom stereocenters. The number of hydrogen-bond donors (Lipinski definition) is 2. The van der Waals surface area contributed by atoms with Crippen LogP contribution in [0.15, 0.2) is 0 Å². The van der Waals surface area contributed by atoms with Crippen LogP contribution in [0, 0.1) is 0 Å². The van der Waals surface area contributed by atoms with Crippen LogP contribution < -0.4 is 0 Å². The van der Waals surface area contributed by atoms with Crippen molar-refractivity contribution in [3.63, 3.8) is 0 Å². The van der Waals surface area contributed by atoms with Crippen LogP contribution >= 0.6 is 25.3 Å². The van der Waals surface area contributed by atoms with Crippen LogP contribution in [-0.2, 0) is 9.59 Å². The van der Waals surface area contributed by atoms with E-state index in [9.17, 15) is 9.59 Å². The number of carbonyl (C=O) groups is 2. The predicted molar refractivity (Wildman–Crippen MR) is 50.0 cm³/mol. The molecule has 0 saturated heterocycles. The quantitative estimate of drug-likeness (QED) is 0.334.